The molecule has 0 bridgehead atoms. The van der Waals surface area contributed by atoms with Gasteiger partial charge in [0.25, 0.3) is 0 Å². The number of fused-ring (bicyclic) bond motifs is 6. The second kappa shape index (κ2) is 12.0. The van der Waals surface area contributed by atoms with E-state index in [9.17, 15) is 0 Å². The average molecular weight is 665 g/mol. The van der Waals surface area contributed by atoms with Crippen molar-refractivity contribution < 1.29 is 0 Å². The van der Waals surface area contributed by atoms with E-state index in [1.54, 1.807) is 0 Å². The van der Waals surface area contributed by atoms with Gasteiger partial charge in [-0.3, -0.25) is 0 Å². The molecule has 0 amide bonds. The van der Waals surface area contributed by atoms with Crippen molar-refractivity contribution in [3.63, 3.8) is 0 Å². The Labute approximate surface area is 303 Å². The van der Waals surface area contributed by atoms with Gasteiger partial charge >= 0.3 is 0 Å². The minimum absolute atomic E-state index is 1.16. The number of aryl methyl sites for hydroxylation is 2. The molecule has 0 saturated carbocycles. The Morgan fingerprint density at radius 1 is 0.269 bits per heavy atom. The molecule has 2 nitrogen and oxygen atoms in total. The largest absolute Gasteiger partial charge is 0.309 e. The fraction of sp³-hybridized carbons (Fsp3) is 0.0400. The lowest BCUT2D eigenvalue weighted by Gasteiger charge is -2.19. The van der Waals surface area contributed by atoms with Crippen LogP contribution in [0.4, 0.5) is 0 Å². The molecule has 52 heavy (non-hydrogen) atoms. The molecule has 0 aliphatic heterocycles. The SMILES string of the molecule is Cc1ccccc1-c1cc2c(cc1-c1cc3c4ccccc4n(-c4ccccc4)c3cc1-c1ccccc1C)c1ccccc1n2-c1ccccc1. The van der Waals surface area contributed by atoms with Crippen molar-refractivity contribution in [1.82, 2.24) is 9.13 Å². The average Bonchev–Trinajstić information content (AvgIpc) is 3.70. The molecule has 0 saturated heterocycles. The summed E-state index contributed by atoms with van der Waals surface area (Å²) in [5.41, 5.74) is 17.0. The van der Waals surface area contributed by atoms with E-state index >= 15 is 0 Å². The van der Waals surface area contributed by atoms with Crippen LogP contribution in [0.25, 0.3) is 88.4 Å². The fourth-order valence-corrected chi connectivity index (χ4v) is 8.38. The highest BCUT2D eigenvalue weighted by atomic mass is 15.0. The lowest BCUT2D eigenvalue weighted by Crippen LogP contribution is -1.97. The maximum Gasteiger partial charge on any atom is 0.0547 e. The zero-order valence-corrected chi connectivity index (χ0v) is 29.2. The van der Waals surface area contributed by atoms with Gasteiger partial charge in [-0.1, -0.05) is 121 Å². The fourth-order valence-electron chi connectivity index (χ4n) is 8.38. The highest BCUT2D eigenvalue weighted by Crippen LogP contribution is 2.47. The molecule has 0 aliphatic carbocycles. The Morgan fingerprint density at radius 2 is 0.615 bits per heavy atom. The monoisotopic (exact) mass is 664 g/mol. The molecule has 0 spiro atoms. The third-order valence-corrected chi connectivity index (χ3v) is 10.8. The first-order chi connectivity index (χ1) is 25.7. The molecule has 0 atom stereocenters. The molecular weight excluding hydrogens is 629 g/mol. The summed E-state index contributed by atoms with van der Waals surface area (Å²) in [6.45, 7) is 4.46. The molecule has 2 heteroatoms. The summed E-state index contributed by atoms with van der Waals surface area (Å²) in [4.78, 5) is 0. The molecule has 8 aromatic carbocycles. The van der Waals surface area contributed by atoms with Crippen LogP contribution in [0.5, 0.6) is 0 Å². The van der Waals surface area contributed by atoms with Gasteiger partial charge in [0.05, 0.1) is 22.1 Å². The van der Waals surface area contributed by atoms with E-state index in [2.05, 4.69) is 205 Å². The molecule has 0 N–H and O–H groups in total. The summed E-state index contributed by atoms with van der Waals surface area (Å²) < 4.78 is 4.85. The van der Waals surface area contributed by atoms with Crippen LogP contribution in [0.15, 0.2) is 182 Å². The zero-order valence-electron chi connectivity index (χ0n) is 29.2. The normalized spacial score (nSPS) is 11.7. The van der Waals surface area contributed by atoms with Crippen LogP contribution in [0.1, 0.15) is 11.1 Å². The Balaban J connectivity index is 1.39. The molecule has 0 unspecified atom stereocenters. The van der Waals surface area contributed by atoms with Gasteiger partial charge in [0.15, 0.2) is 0 Å². The topological polar surface area (TPSA) is 9.86 Å². The van der Waals surface area contributed by atoms with Crippen LogP contribution in [0.3, 0.4) is 0 Å². The van der Waals surface area contributed by atoms with Gasteiger partial charge < -0.3 is 9.13 Å². The molecule has 0 radical (unpaired) electrons. The summed E-state index contributed by atoms with van der Waals surface area (Å²) in [5.74, 6) is 0. The molecule has 10 aromatic rings. The van der Waals surface area contributed by atoms with Crippen molar-refractivity contribution in [1.29, 1.82) is 0 Å². The second-order valence-electron chi connectivity index (χ2n) is 13.8. The summed E-state index contributed by atoms with van der Waals surface area (Å²) in [6, 6.07) is 66.7. The van der Waals surface area contributed by atoms with Gasteiger partial charge in [-0.2, -0.15) is 0 Å². The highest BCUT2D eigenvalue weighted by Gasteiger charge is 2.23. The molecule has 0 aliphatic rings. The van der Waals surface area contributed by atoms with Crippen LogP contribution >= 0.6 is 0 Å². The number of para-hydroxylation sites is 4. The number of hydrogen-bond acceptors (Lipinski definition) is 0. The van der Waals surface area contributed by atoms with Crippen molar-refractivity contribution in [2.75, 3.05) is 0 Å². The maximum atomic E-state index is 2.47. The Kier molecular flexibility index (Phi) is 6.97. The van der Waals surface area contributed by atoms with Crippen LogP contribution in [0, 0.1) is 13.8 Å². The van der Waals surface area contributed by atoms with Crippen molar-refractivity contribution in [2.24, 2.45) is 0 Å². The van der Waals surface area contributed by atoms with Gasteiger partial charge in [-0.05, 0) is 119 Å². The third-order valence-electron chi connectivity index (χ3n) is 10.8. The van der Waals surface area contributed by atoms with Crippen LogP contribution < -0.4 is 0 Å². The van der Waals surface area contributed by atoms with E-state index in [0.717, 1.165) is 11.4 Å². The Bertz CT molecular complexity index is 2760. The van der Waals surface area contributed by atoms with Gasteiger partial charge in [0.2, 0.25) is 0 Å². The number of nitrogens with zero attached hydrogens (tertiary/aromatic N) is 2. The summed E-state index contributed by atoms with van der Waals surface area (Å²) in [6.07, 6.45) is 0. The molecule has 10 rings (SSSR count). The quantitative estimate of drug-likeness (QED) is 0.173. The first-order valence-electron chi connectivity index (χ1n) is 18.0. The van der Waals surface area contributed by atoms with Crippen molar-refractivity contribution in [2.45, 2.75) is 13.8 Å². The number of aromatic nitrogens is 2. The summed E-state index contributed by atoms with van der Waals surface area (Å²) >= 11 is 0. The minimum atomic E-state index is 1.16. The lowest BCUT2D eigenvalue weighted by atomic mass is 9.85. The Hall–Kier alpha value is -6.64. The zero-order chi connectivity index (χ0) is 34.8. The second-order valence-corrected chi connectivity index (χ2v) is 13.8. The van der Waals surface area contributed by atoms with E-state index in [1.807, 2.05) is 0 Å². The van der Waals surface area contributed by atoms with E-state index in [1.165, 1.54) is 88.1 Å². The van der Waals surface area contributed by atoms with Crippen LogP contribution in [0.2, 0.25) is 0 Å². The maximum absolute atomic E-state index is 2.47. The lowest BCUT2D eigenvalue weighted by molar-refractivity contribution is 1.18. The predicted molar refractivity (Wildman–Crippen MR) is 221 cm³/mol. The highest BCUT2D eigenvalue weighted by molar-refractivity contribution is 6.16. The van der Waals surface area contributed by atoms with Crippen molar-refractivity contribution >= 4 is 43.6 Å². The smallest absolute Gasteiger partial charge is 0.0547 e. The van der Waals surface area contributed by atoms with E-state index in [0.29, 0.717) is 0 Å². The van der Waals surface area contributed by atoms with Crippen molar-refractivity contribution in [3.8, 4) is 44.8 Å². The van der Waals surface area contributed by atoms with Crippen molar-refractivity contribution in [3.05, 3.63) is 193 Å². The van der Waals surface area contributed by atoms with Crippen LogP contribution in [-0.4, -0.2) is 9.13 Å². The molecule has 2 heterocycles. The minimum Gasteiger partial charge on any atom is -0.309 e. The summed E-state index contributed by atoms with van der Waals surface area (Å²) in [5, 5.41) is 4.99. The standard InChI is InChI=1S/C50H36N2/c1-33-17-9-11-23-37(33)43-31-49-45(39-25-13-15-27-47(39)51(49)35-19-5-3-6-20-35)29-41(43)42-30-46-40-26-14-16-28-48(40)52(36-21-7-4-8-22-36)50(46)32-44(42)38-24-12-10-18-34(38)2/h3-32H,1-2H3. The van der Waals surface area contributed by atoms with Gasteiger partial charge in [0.1, 0.15) is 0 Å². The van der Waals surface area contributed by atoms with E-state index in [-0.39, 0.29) is 0 Å². The molecular formula is C50H36N2. The van der Waals surface area contributed by atoms with Gasteiger partial charge in [0, 0.05) is 32.9 Å². The number of hydrogen-bond donors (Lipinski definition) is 0. The molecule has 2 aromatic heterocycles. The first-order valence-corrected chi connectivity index (χ1v) is 18.0. The predicted octanol–water partition coefficient (Wildman–Crippen LogP) is 13.5. The number of rotatable bonds is 5. The van der Waals surface area contributed by atoms with Crippen LogP contribution in [-0.2, 0) is 0 Å². The van der Waals surface area contributed by atoms with E-state index in [4.69, 9.17) is 0 Å². The van der Waals surface area contributed by atoms with Gasteiger partial charge in [-0.15, -0.1) is 0 Å². The van der Waals surface area contributed by atoms with E-state index < -0.39 is 0 Å². The van der Waals surface area contributed by atoms with Gasteiger partial charge in [-0.25, -0.2) is 0 Å². The summed E-state index contributed by atoms with van der Waals surface area (Å²) in [7, 11) is 0. The first kappa shape index (κ1) is 30.2. The molecule has 0 fully saturated rings. The molecule has 246 valence electrons. The third kappa shape index (κ3) is 4.65. The Morgan fingerprint density at radius 3 is 1.04 bits per heavy atom. The number of benzene rings is 8.